The average Bonchev–Trinajstić information content (AvgIpc) is 3.32. The maximum absolute atomic E-state index is 14.2. The van der Waals surface area contributed by atoms with Gasteiger partial charge in [-0.1, -0.05) is 35.9 Å². The second-order valence-corrected chi connectivity index (χ2v) is 8.91. The van der Waals surface area contributed by atoms with E-state index < -0.39 is 23.8 Å². The summed E-state index contributed by atoms with van der Waals surface area (Å²) in [6.07, 6.45) is 3.06. The van der Waals surface area contributed by atoms with Gasteiger partial charge in [-0.3, -0.25) is 9.59 Å². The van der Waals surface area contributed by atoms with Crippen molar-refractivity contribution in [3.05, 3.63) is 70.8 Å². The van der Waals surface area contributed by atoms with Crippen molar-refractivity contribution in [3.8, 4) is 11.1 Å². The van der Waals surface area contributed by atoms with Crippen LogP contribution in [0, 0.1) is 11.7 Å². The largest absolute Gasteiger partial charge is 0.481 e. The Morgan fingerprint density at radius 3 is 2.59 bits per heavy atom. The van der Waals surface area contributed by atoms with Crippen LogP contribution in [0.2, 0.25) is 5.02 Å². The van der Waals surface area contributed by atoms with E-state index in [1.807, 2.05) is 12.1 Å². The molecule has 10 heteroatoms. The highest BCUT2D eigenvalue weighted by atomic mass is 35.5. The summed E-state index contributed by atoms with van der Waals surface area (Å²) in [7, 11) is 0. The van der Waals surface area contributed by atoms with Gasteiger partial charge < -0.3 is 15.3 Å². The van der Waals surface area contributed by atoms with Crippen molar-refractivity contribution in [1.29, 1.82) is 0 Å². The Bertz CT molecular complexity index is 1140. The van der Waals surface area contributed by atoms with Gasteiger partial charge in [0.25, 0.3) is 5.91 Å². The molecule has 1 aliphatic heterocycles. The highest BCUT2D eigenvalue weighted by molar-refractivity contribution is 6.30. The van der Waals surface area contributed by atoms with E-state index in [0.29, 0.717) is 29.1 Å². The number of aliphatic carboxylic acids is 1. The highest BCUT2D eigenvalue weighted by Crippen LogP contribution is 2.27. The molecule has 34 heavy (non-hydrogen) atoms. The summed E-state index contributed by atoms with van der Waals surface area (Å²) < 4.78 is 14.2. The number of aromatic amines is 1. The molecule has 2 aromatic carbocycles. The molecule has 0 bridgehead atoms. The number of likely N-dealkylation sites (tertiary alicyclic amines) is 1. The fourth-order valence-electron chi connectivity index (χ4n) is 4.06. The van der Waals surface area contributed by atoms with E-state index >= 15 is 0 Å². The Morgan fingerprint density at radius 2 is 1.97 bits per heavy atom. The molecule has 178 valence electrons. The van der Waals surface area contributed by atoms with E-state index in [1.54, 1.807) is 18.2 Å². The monoisotopic (exact) mass is 485 g/mol. The number of nitrogens with one attached hydrogen (secondary N) is 2. The fourth-order valence-corrected chi connectivity index (χ4v) is 4.23. The molecule has 1 fully saturated rings. The number of benzene rings is 2. The molecule has 2 heterocycles. The maximum Gasteiger partial charge on any atom is 0.307 e. The van der Waals surface area contributed by atoms with E-state index in [4.69, 9.17) is 11.6 Å². The lowest BCUT2D eigenvalue weighted by molar-refractivity contribution is -0.143. The van der Waals surface area contributed by atoms with Gasteiger partial charge in [-0.15, -0.1) is 0 Å². The quantitative estimate of drug-likeness (QED) is 0.406. The minimum Gasteiger partial charge on any atom is -0.481 e. The Labute approximate surface area is 201 Å². The number of nitrogens with zero attached hydrogens (tertiary/aromatic N) is 3. The average molecular weight is 486 g/mol. The molecule has 0 aliphatic carbocycles. The van der Waals surface area contributed by atoms with Gasteiger partial charge in [0.05, 0.1) is 12.1 Å². The van der Waals surface area contributed by atoms with Gasteiger partial charge in [0.1, 0.15) is 5.82 Å². The van der Waals surface area contributed by atoms with E-state index in [1.165, 1.54) is 18.3 Å². The zero-order valence-electron chi connectivity index (χ0n) is 18.4. The smallest absolute Gasteiger partial charge is 0.307 e. The second-order valence-electron chi connectivity index (χ2n) is 8.48. The molecule has 2 atom stereocenters. The number of halogens is 2. The molecule has 8 nitrogen and oxygen atoms in total. The molecule has 0 saturated carbocycles. The van der Waals surface area contributed by atoms with Crippen LogP contribution >= 0.6 is 11.6 Å². The third kappa shape index (κ3) is 5.98. The molecule has 1 aromatic heterocycles. The summed E-state index contributed by atoms with van der Waals surface area (Å²) in [5, 5.41) is 23.0. The van der Waals surface area contributed by atoms with Gasteiger partial charge in [-0.05, 0) is 61.7 Å². The Kier molecular flexibility index (Phi) is 7.54. The first-order valence-corrected chi connectivity index (χ1v) is 11.4. The minimum absolute atomic E-state index is 0.131. The van der Waals surface area contributed by atoms with E-state index in [-0.39, 0.29) is 17.9 Å². The van der Waals surface area contributed by atoms with Crippen LogP contribution in [0.3, 0.4) is 0 Å². The molecule has 0 spiro atoms. The molecule has 3 aromatic rings. The van der Waals surface area contributed by atoms with Gasteiger partial charge in [0.2, 0.25) is 0 Å². The number of carboxylic acid groups (broad SMARTS) is 1. The lowest BCUT2D eigenvalue weighted by Crippen LogP contribution is -2.45. The predicted octanol–water partition coefficient (Wildman–Crippen LogP) is 3.40. The number of hydrogen-bond acceptors (Lipinski definition) is 5. The molecule has 1 aliphatic rings. The normalized spacial score (nSPS) is 15.4. The number of carboxylic acids is 1. The predicted molar refractivity (Wildman–Crippen MR) is 125 cm³/mol. The molecule has 0 radical (unpaired) electrons. The SMILES string of the molecule is O=C(NC(Cc1ccc(-c2cc(Cl)ccc2F)cc1)CC(CN1CCC1)C(=O)O)c1cn[nH]n1. The Hall–Kier alpha value is -3.30. The van der Waals surface area contributed by atoms with Crippen molar-refractivity contribution in [2.75, 3.05) is 19.6 Å². The van der Waals surface area contributed by atoms with E-state index in [2.05, 4.69) is 25.6 Å². The van der Waals surface area contributed by atoms with Crippen LogP contribution in [0.4, 0.5) is 4.39 Å². The van der Waals surface area contributed by atoms with Crippen LogP contribution in [0.5, 0.6) is 0 Å². The topological polar surface area (TPSA) is 111 Å². The Balaban J connectivity index is 1.51. The van der Waals surface area contributed by atoms with Crippen LogP contribution < -0.4 is 5.32 Å². The number of aromatic nitrogens is 3. The zero-order chi connectivity index (χ0) is 24.1. The van der Waals surface area contributed by atoms with Crippen molar-refractivity contribution >= 4 is 23.5 Å². The summed E-state index contributed by atoms with van der Waals surface area (Å²) in [6, 6.07) is 11.2. The lowest BCUT2D eigenvalue weighted by atomic mass is 9.92. The first-order chi connectivity index (χ1) is 16.4. The van der Waals surface area contributed by atoms with Crippen LogP contribution in [-0.4, -0.2) is 63.0 Å². The summed E-state index contributed by atoms with van der Waals surface area (Å²) in [5.41, 5.74) is 2.08. The first-order valence-electron chi connectivity index (χ1n) is 11.0. The van der Waals surface area contributed by atoms with Crippen molar-refractivity contribution in [1.82, 2.24) is 25.6 Å². The molecule has 1 amide bonds. The van der Waals surface area contributed by atoms with Crippen LogP contribution in [-0.2, 0) is 11.2 Å². The number of amides is 1. The summed E-state index contributed by atoms with van der Waals surface area (Å²) in [5.74, 6) is -2.31. The lowest BCUT2D eigenvalue weighted by Gasteiger charge is -2.34. The summed E-state index contributed by atoms with van der Waals surface area (Å²) in [4.78, 5) is 26.6. The molecule has 1 saturated heterocycles. The van der Waals surface area contributed by atoms with Crippen molar-refractivity contribution in [3.63, 3.8) is 0 Å². The number of H-pyrrole nitrogens is 1. The second kappa shape index (κ2) is 10.8. The Morgan fingerprint density at radius 1 is 1.21 bits per heavy atom. The third-order valence-electron chi connectivity index (χ3n) is 6.00. The zero-order valence-corrected chi connectivity index (χ0v) is 19.1. The molecule has 4 rings (SSSR count). The number of rotatable bonds is 10. The van der Waals surface area contributed by atoms with Gasteiger partial charge in [0, 0.05) is 23.2 Å². The number of carbonyl (C=O) groups is 2. The summed E-state index contributed by atoms with van der Waals surface area (Å²) >= 11 is 6.01. The van der Waals surface area contributed by atoms with Gasteiger partial charge in [-0.25, -0.2) is 4.39 Å². The van der Waals surface area contributed by atoms with Gasteiger partial charge in [0.15, 0.2) is 5.69 Å². The first kappa shape index (κ1) is 23.8. The highest BCUT2D eigenvalue weighted by Gasteiger charge is 2.28. The molecular weight excluding hydrogens is 461 g/mol. The number of carbonyl (C=O) groups excluding carboxylic acids is 1. The van der Waals surface area contributed by atoms with Crippen molar-refractivity contribution in [2.45, 2.75) is 25.3 Å². The van der Waals surface area contributed by atoms with Crippen molar-refractivity contribution in [2.24, 2.45) is 5.92 Å². The van der Waals surface area contributed by atoms with Crippen molar-refractivity contribution < 1.29 is 19.1 Å². The van der Waals surface area contributed by atoms with Gasteiger partial charge >= 0.3 is 5.97 Å². The summed E-state index contributed by atoms with van der Waals surface area (Å²) in [6.45, 7) is 2.22. The fraction of sp³-hybridized carbons (Fsp3) is 0.333. The molecule has 3 N–H and O–H groups in total. The van der Waals surface area contributed by atoms with E-state index in [9.17, 15) is 19.1 Å². The molecule has 2 unspecified atom stereocenters. The third-order valence-corrected chi connectivity index (χ3v) is 6.24. The van der Waals surface area contributed by atoms with Gasteiger partial charge in [-0.2, -0.15) is 15.4 Å². The minimum atomic E-state index is -0.889. The maximum atomic E-state index is 14.2. The van der Waals surface area contributed by atoms with Crippen LogP contribution in [0.25, 0.3) is 11.1 Å². The molecular formula is C24H25ClFN5O3. The van der Waals surface area contributed by atoms with Crippen LogP contribution in [0.15, 0.2) is 48.7 Å². The standard InChI is InChI=1S/C24H25ClFN5O3/c25-18-6-7-21(26)20(12-18)16-4-2-15(3-5-16)10-19(28-23(32)22-13-27-30-29-22)11-17(24(33)34)14-31-8-1-9-31/h2-7,12-13,17,19H,1,8-11,14H2,(H,28,32)(H,33,34)(H,27,29,30). The van der Waals surface area contributed by atoms with E-state index in [0.717, 1.165) is 25.1 Å². The van der Waals surface area contributed by atoms with Crippen LogP contribution in [0.1, 0.15) is 28.9 Å². The number of hydrogen-bond donors (Lipinski definition) is 3.